The van der Waals surface area contributed by atoms with E-state index in [2.05, 4.69) is 24.8 Å². The molecule has 1 amide bonds. The molecule has 1 aliphatic rings. The summed E-state index contributed by atoms with van der Waals surface area (Å²) < 4.78 is 16.6. The first-order valence-corrected chi connectivity index (χ1v) is 9.60. The molecule has 0 unspecified atom stereocenters. The third-order valence-electron chi connectivity index (χ3n) is 4.47. The van der Waals surface area contributed by atoms with E-state index in [1.807, 2.05) is 43.9 Å². The molecule has 0 aliphatic carbocycles. The van der Waals surface area contributed by atoms with Crippen LogP contribution in [-0.4, -0.2) is 62.1 Å². The number of benzene rings is 1. The number of amides is 1. The summed E-state index contributed by atoms with van der Waals surface area (Å²) in [5.41, 5.74) is 0.225. The molecule has 0 aromatic heterocycles. The summed E-state index contributed by atoms with van der Waals surface area (Å²) in [5, 5.41) is 0. The van der Waals surface area contributed by atoms with Crippen LogP contribution < -0.4 is 9.64 Å². The Labute approximate surface area is 163 Å². The maximum atomic E-state index is 12.6. The molecule has 1 fully saturated rings. The molecular formula is C21H34N2O4. The summed E-state index contributed by atoms with van der Waals surface area (Å²) in [4.78, 5) is 16.7. The van der Waals surface area contributed by atoms with Gasteiger partial charge in [0.2, 0.25) is 0 Å². The zero-order chi connectivity index (χ0) is 20.1. The summed E-state index contributed by atoms with van der Waals surface area (Å²) in [6, 6.07) is 8.07. The van der Waals surface area contributed by atoms with Gasteiger partial charge in [0, 0.05) is 39.8 Å². The van der Waals surface area contributed by atoms with Crippen molar-refractivity contribution < 1.29 is 19.0 Å². The fourth-order valence-corrected chi connectivity index (χ4v) is 3.24. The second-order valence-corrected chi connectivity index (χ2v) is 8.53. The first kappa shape index (κ1) is 21.4. The molecule has 1 saturated heterocycles. The van der Waals surface area contributed by atoms with E-state index in [0.29, 0.717) is 26.3 Å². The lowest BCUT2D eigenvalue weighted by Gasteiger charge is -2.47. The molecule has 1 aliphatic heterocycles. The molecule has 1 aromatic carbocycles. The van der Waals surface area contributed by atoms with Crippen LogP contribution in [0.15, 0.2) is 24.3 Å². The van der Waals surface area contributed by atoms with Crippen molar-refractivity contribution in [2.45, 2.75) is 52.2 Å². The summed E-state index contributed by atoms with van der Waals surface area (Å²) in [6.07, 6.45) is 0.596. The van der Waals surface area contributed by atoms with Crippen molar-refractivity contribution in [1.29, 1.82) is 0 Å². The molecule has 0 spiro atoms. The topological polar surface area (TPSA) is 51.2 Å². The molecule has 1 heterocycles. The number of anilines is 1. The van der Waals surface area contributed by atoms with Gasteiger partial charge >= 0.3 is 6.09 Å². The van der Waals surface area contributed by atoms with Crippen LogP contribution >= 0.6 is 0 Å². The van der Waals surface area contributed by atoms with E-state index < -0.39 is 5.60 Å². The Hall–Kier alpha value is -1.95. The van der Waals surface area contributed by atoms with E-state index in [1.165, 1.54) is 0 Å². The van der Waals surface area contributed by atoms with Crippen LogP contribution in [0.4, 0.5) is 10.5 Å². The van der Waals surface area contributed by atoms with Crippen molar-refractivity contribution in [2.75, 3.05) is 44.9 Å². The smallest absolute Gasteiger partial charge is 0.410 e. The van der Waals surface area contributed by atoms with E-state index in [0.717, 1.165) is 24.4 Å². The fourth-order valence-electron chi connectivity index (χ4n) is 3.24. The van der Waals surface area contributed by atoms with Gasteiger partial charge in [0.05, 0.1) is 17.8 Å². The Morgan fingerprint density at radius 3 is 2.48 bits per heavy atom. The fraction of sp³-hybridized carbons (Fsp3) is 0.667. The van der Waals surface area contributed by atoms with Crippen LogP contribution in [0.5, 0.6) is 5.75 Å². The quantitative estimate of drug-likeness (QED) is 0.702. The van der Waals surface area contributed by atoms with Crippen LogP contribution in [0.25, 0.3) is 0 Å². The van der Waals surface area contributed by atoms with Gasteiger partial charge in [-0.25, -0.2) is 4.79 Å². The number of carbonyl (C=O) groups is 1. The van der Waals surface area contributed by atoms with Gasteiger partial charge < -0.3 is 19.1 Å². The van der Waals surface area contributed by atoms with Crippen molar-refractivity contribution in [3.8, 4) is 5.75 Å². The summed E-state index contributed by atoms with van der Waals surface area (Å²) in [7, 11) is 1.69. The van der Waals surface area contributed by atoms with Crippen molar-refractivity contribution in [1.82, 2.24) is 4.90 Å². The second kappa shape index (κ2) is 8.83. The molecule has 0 radical (unpaired) electrons. The van der Waals surface area contributed by atoms with Crippen molar-refractivity contribution in [3.63, 3.8) is 0 Å². The molecule has 152 valence electrons. The predicted molar refractivity (Wildman–Crippen MR) is 108 cm³/mol. The van der Waals surface area contributed by atoms with E-state index >= 15 is 0 Å². The summed E-state index contributed by atoms with van der Waals surface area (Å²) >= 11 is 0. The van der Waals surface area contributed by atoms with Crippen LogP contribution in [0.3, 0.4) is 0 Å². The highest BCUT2D eigenvalue weighted by Crippen LogP contribution is 2.33. The zero-order valence-electron chi connectivity index (χ0n) is 17.6. The average Bonchev–Trinajstić information content (AvgIpc) is 2.56. The second-order valence-electron chi connectivity index (χ2n) is 8.53. The normalized spacial score (nSPS) is 17.0. The van der Waals surface area contributed by atoms with Crippen molar-refractivity contribution in [2.24, 2.45) is 0 Å². The minimum atomic E-state index is -0.493. The SMILES string of the molecule is COCCCOc1ccccc1N1CCN(C(=O)OC(C)(C)C)C(C)(C)C1. The van der Waals surface area contributed by atoms with E-state index in [-0.39, 0.29) is 11.6 Å². The minimum absolute atomic E-state index is 0.253. The average molecular weight is 379 g/mol. The molecule has 2 rings (SSSR count). The summed E-state index contributed by atoms with van der Waals surface area (Å²) in [5.74, 6) is 0.870. The molecule has 6 heteroatoms. The highest BCUT2D eigenvalue weighted by atomic mass is 16.6. The lowest BCUT2D eigenvalue weighted by molar-refractivity contribution is 0.000353. The minimum Gasteiger partial charge on any atom is -0.491 e. The van der Waals surface area contributed by atoms with Gasteiger partial charge in [0.1, 0.15) is 11.4 Å². The van der Waals surface area contributed by atoms with Gasteiger partial charge in [0.25, 0.3) is 0 Å². The Kier molecular flexibility index (Phi) is 6.98. The maximum Gasteiger partial charge on any atom is 0.410 e. The van der Waals surface area contributed by atoms with Gasteiger partial charge in [-0.15, -0.1) is 0 Å². The molecule has 6 nitrogen and oxygen atoms in total. The van der Waals surface area contributed by atoms with Crippen molar-refractivity contribution >= 4 is 11.8 Å². The Morgan fingerprint density at radius 1 is 1.15 bits per heavy atom. The van der Waals surface area contributed by atoms with Gasteiger partial charge in [-0.2, -0.15) is 0 Å². The molecular weight excluding hydrogens is 344 g/mol. The number of carbonyl (C=O) groups excluding carboxylic acids is 1. The Bertz CT molecular complexity index is 625. The third kappa shape index (κ3) is 6.03. The standard InChI is InChI=1S/C21H34N2O4/c1-20(2,3)27-19(24)23-13-12-22(16-21(23,4)5)17-10-7-8-11-18(17)26-15-9-14-25-6/h7-8,10-11H,9,12-16H2,1-6H3. The Balaban J connectivity index is 2.07. The maximum absolute atomic E-state index is 12.6. The Morgan fingerprint density at radius 2 is 1.85 bits per heavy atom. The molecule has 0 N–H and O–H groups in total. The van der Waals surface area contributed by atoms with Gasteiger partial charge in [-0.05, 0) is 46.8 Å². The number of methoxy groups -OCH3 is 1. The molecule has 1 aromatic rings. The first-order valence-electron chi connectivity index (χ1n) is 9.60. The van der Waals surface area contributed by atoms with Gasteiger partial charge in [-0.3, -0.25) is 4.90 Å². The van der Waals surface area contributed by atoms with E-state index in [9.17, 15) is 4.79 Å². The monoisotopic (exact) mass is 378 g/mol. The highest BCUT2D eigenvalue weighted by molar-refractivity contribution is 5.70. The molecule has 0 saturated carbocycles. The van der Waals surface area contributed by atoms with Crippen LogP contribution in [0.1, 0.15) is 41.0 Å². The lowest BCUT2D eigenvalue weighted by Crippen LogP contribution is -2.61. The molecule has 0 atom stereocenters. The third-order valence-corrected chi connectivity index (χ3v) is 4.47. The first-order chi connectivity index (χ1) is 12.6. The highest BCUT2D eigenvalue weighted by Gasteiger charge is 2.39. The number of para-hydroxylation sites is 2. The van der Waals surface area contributed by atoms with Crippen LogP contribution in [0.2, 0.25) is 0 Å². The number of ether oxygens (including phenoxy) is 3. The number of hydrogen-bond donors (Lipinski definition) is 0. The predicted octanol–water partition coefficient (Wildman–Crippen LogP) is 3.94. The summed E-state index contributed by atoms with van der Waals surface area (Å²) in [6.45, 7) is 13.2. The number of piperazine rings is 1. The molecule has 27 heavy (non-hydrogen) atoms. The van der Waals surface area contributed by atoms with Gasteiger partial charge in [-0.1, -0.05) is 12.1 Å². The van der Waals surface area contributed by atoms with E-state index in [4.69, 9.17) is 14.2 Å². The largest absolute Gasteiger partial charge is 0.491 e. The van der Waals surface area contributed by atoms with E-state index in [1.54, 1.807) is 7.11 Å². The van der Waals surface area contributed by atoms with Crippen molar-refractivity contribution in [3.05, 3.63) is 24.3 Å². The lowest BCUT2D eigenvalue weighted by atomic mass is 9.98. The number of rotatable bonds is 6. The number of hydrogen-bond acceptors (Lipinski definition) is 5. The number of nitrogens with zero attached hydrogens (tertiary/aromatic N) is 2. The van der Waals surface area contributed by atoms with Crippen LogP contribution in [-0.2, 0) is 9.47 Å². The molecule has 0 bridgehead atoms. The van der Waals surface area contributed by atoms with Gasteiger partial charge in [0.15, 0.2) is 0 Å². The zero-order valence-corrected chi connectivity index (χ0v) is 17.6. The van der Waals surface area contributed by atoms with Crippen LogP contribution in [0, 0.1) is 0 Å².